The molecular weight excluding hydrogens is 269 g/mol. The smallest absolute Gasteiger partial charge is 0 e. The van der Waals surface area contributed by atoms with Crippen LogP contribution in [0.3, 0.4) is 0 Å². The molecule has 0 unspecified atom stereocenters. The summed E-state index contributed by atoms with van der Waals surface area (Å²) < 4.78 is 0. The summed E-state index contributed by atoms with van der Waals surface area (Å²) in [5, 5.41) is 0. The minimum absolute atomic E-state index is 0. The van der Waals surface area contributed by atoms with Gasteiger partial charge in [-0.05, 0) is 0 Å². The first kappa shape index (κ1) is 9.48. The van der Waals surface area contributed by atoms with Gasteiger partial charge in [0, 0.05) is 46.9 Å². The zero-order chi connectivity index (χ0) is 5.66. The Labute approximate surface area is 94.3 Å². The van der Waals surface area contributed by atoms with E-state index in [-0.39, 0.29) is 46.9 Å². The van der Waals surface area contributed by atoms with E-state index in [9.17, 15) is 0 Å². The fraction of sp³-hybridized carbons (Fsp3) is 0. The third kappa shape index (κ3) is 4.95. The van der Waals surface area contributed by atoms with Crippen LogP contribution in [0.15, 0.2) is 48.6 Å². The molecule has 0 atom stereocenters. The third-order valence-electron chi connectivity index (χ3n) is 0.889. The summed E-state index contributed by atoms with van der Waals surface area (Å²) in [5.41, 5.74) is 0. The van der Waals surface area contributed by atoms with Gasteiger partial charge in [0.05, 0.1) is 0 Å². The van der Waals surface area contributed by atoms with Crippen molar-refractivity contribution >= 4 is 0 Å². The molecule has 0 bridgehead atoms. The molecule has 1 rings (SSSR count). The van der Waals surface area contributed by atoms with Gasteiger partial charge in [-0.15, -0.1) is 0 Å². The van der Waals surface area contributed by atoms with Gasteiger partial charge >= 0.3 is 0 Å². The summed E-state index contributed by atoms with van der Waals surface area (Å²) in [6.07, 6.45) is 16.0. The van der Waals surface area contributed by atoms with Crippen molar-refractivity contribution in [2.24, 2.45) is 0 Å². The van der Waals surface area contributed by atoms with Crippen LogP contribution in [-0.2, 0) is 0 Å². The van der Waals surface area contributed by atoms with Crippen LogP contribution in [0.1, 0.15) is 0 Å². The summed E-state index contributed by atoms with van der Waals surface area (Å²) >= 11 is 0. The van der Waals surface area contributed by atoms with E-state index in [2.05, 4.69) is 0 Å². The molecule has 1 aliphatic rings. The molecule has 0 nitrogen and oxygen atoms in total. The van der Waals surface area contributed by atoms with E-state index in [0.29, 0.717) is 0 Å². The molecule has 0 amide bonds. The first-order valence-corrected chi connectivity index (χ1v) is 2.67. The number of rotatable bonds is 0. The zero-order valence-electron chi connectivity index (χ0n) is 4.89. The normalized spacial score (nSPS) is 21.3. The fourth-order valence-electron chi connectivity index (χ4n) is 0.513. The van der Waals surface area contributed by atoms with Gasteiger partial charge in [-0.2, -0.15) is 0 Å². The Balaban J connectivity index is 0.000000640. The molecule has 0 fully saturated rings. The Hall–Kier alpha value is 0.479. The molecule has 0 aromatic rings. The van der Waals surface area contributed by atoms with Gasteiger partial charge in [0.25, 0.3) is 0 Å². The summed E-state index contributed by atoms with van der Waals surface area (Å²) in [6.45, 7) is 0. The van der Waals surface area contributed by atoms with Gasteiger partial charge in [-0.1, -0.05) is 48.6 Å². The minimum atomic E-state index is 0. The van der Waals surface area contributed by atoms with E-state index in [1.807, 2.05) is 48.6 Å². The predicted octanol–water partition coefficient (Wildman–Crippen LogP) is 2.22. The van der Waals surface area contributed by atoms with Gasteiger partial charge in [-0.25, -0.2) is 0 Å². The molecule has 0 aromatic carbocycles. The molecule has 0 saturated carbocycles. The van der Waals surface area contributed by atoms with Gasteiger partial charge in [0.15, 0.2) is 0 Å². The molecule has 0 saturated heterocycles. The maximum Gasteiger partial charge on any atom is 0 e. The standard InChI is InChI=1S/C8H8.Yb/c1-2-4-6-8-7-5-3-1;/h1-8H;/b2-1-,3-1?,4-2?,5-3-,6-4?,7-5?,8-6?,8-7?;. The Kier molecular flexibility index (Phi) is 6.95. The maximum atomic E-state index is 2.00. The molecule has 54 valence electrons. The van der Waals surface area contributed by atoms with Crippen LogP contribution in [0.5, 0.6) is 0 Å². The van der Waals surface area contributed by atoms with Gasteiger partial charge in [-0.3, -0.25) is 0 Å². The molecule has 0 heterocycles. The Morgan fingerprint density at radius 3 is 0.556 bits per heavy atom. The second kappa shape index (κ2) is 6.60. The Morgan fingerprint density at radius 1 is 0.333 bits per heavy atom. The van der Waals surface area contributed by atoms with Crippen LogP contribution in [0.4, 0.5) is 0 Å². The van der Waals surface area contributed by atoms with Gasteiger partial charge < -0.3 is 0 Å². The number of allylic oxidation sites excluding steroid dienone is 8. The summed E-state index contributed by atoms with van der Waals surface area (Å²) in [7, 11) is 0. The predicted molar refractivity (Wildman–Crippen MR) is 36.6 cm³/mol. The number of hydrogen-bond acceptors (Lipinski definition) is 0. The molecule has 0 spiro atoms. The van der Waals surface area contributed by atoms with E-state index < -0.39 is 0 Å². The van der Waals surface area contributed by atoms with Crippen molar-refractivity contribution in [2.75, 3.05) is 0 Å². The quantitative estimate of drug-likeness (QED) is 0.637. The Bertz CT molecular complexity index is 105. The molecule has 9 heavy (non-hydrogen) atoms. The molecule has 0 N–H and O–H groups in total. The first-order chi connectivity index (χ1) is 4.00. The number of hydrogen-bond donors (Lipinski definition) is 0. The average molecular weight is 277 g/mol. The Morgan fingerprint density at radius 2 is 0.444 bits per heavy atom. The van der Waals surface area contributed by atoms with E-state index in [0.717, 1.165) is 0 Å². The van der Waals surface area contributed by atoms with E-state index >= 15 is 0 Å². The topological polar surface area (TPSA) is 0 Å². The van der Waals surface area contributed by atoms with Crippen LogP contribution in [0.2, 0.25) is 0 Å². The molecular formula is C8H8Yb. The summed E-state index contributed by atoms with van der Waals surface area (Å²) in [6, 6.07) is 0. The summed E-state index contributed by atoms with van der Waals surface area (Å²) in [5.74, 6) is 0. The van der Waals surface area contributed by atoms with E-state index in [1.165, 1.54) is 0 Å². The molecule has 1 aliphatic carbocycles. The molecule has 0 aliphatic heterocycles. The van der Waals surface area contributed by atoms with Crippen molar-refractivity contribution in [1.29, 1.82) is 0 Å². The van der Waals surface area contributed by atoms with E-state index in [1.54, 1.807) is 0 Å². The second-order valence-electron chi connectivity index (χ2n) is 1.54. The largest absolute Gasteiger partial charge is 0.0623 e. The zero-order valence-corrected chi connectivity index (χ0v) is 6.60. The molecule has 0 radical (unpaired) electrons. The van der Waals surface area contributed by atoms with Crippen molar-refractivity contribution in [2.45, 2.75) is 0 Å². The fourth-order valence-corrected chi connectivity index (χ4v) is 0.513. The second-order valence-corrected chi connectivity index (χ2v) is 1.54. The van der Waals surface area contributed by atoms with Crippen molar-refractivity contribution in [1.82, 2.24) is 0 Å². The molecule has 0 aromatic heterocycles. The first-order valence-electron chi connectivity index (χ1n) is 2.67. The van der Waals surface area contributed by atoms with E-state index in [4.69, 9.17) is 0 Å². The van der Waals surface area contributed by atoms with Gasteiger partial charge in [0.1, 0.15) is 0 Å². The third-order valence-corrected chi connectivity index (χ3v) is 0.889. The van der Waals surface area contributed by atoms with Crippen LogP contribution in [-0.4, -0.2) is 0 Å². The monoisotopic (exact) mass is 278 g/mol. The van der Waals surface area contributed by atoms with Crippen LogP contribution < -0.4 is 0 Å². The minimum Gasteiger partial charge on any atom is -0.0623 e. The van der Waals surface area contributed by atoms with Crippen LogP contribution in [0.25, 0.3) is 0 Å². The average Bonchev–Trinajstić information content (AvgIpc) is 1.62. The van der Waals surface area contributed by atoms with Crippen molar-refractivity contribution in [3.05, 3.63) is 48.6 Å². The summed E-state index contributed by atoms with van der Waals surface area (Å²) in [4.78, 5) is 0. The van der Waals surface area contributed by atoms with Crippen LogP contribution in [0, 0.1) is 46.9 Å². The SMILES string of the molecule is C1=C/C=C\C=C/C=C1.[Yb]. The van der Waals surface area contributed by atoms with Crippen molar-refractivity contribution in [3.8, 4) is 0 Å². The van der Waals surface area contributed by atoms with Crippen molar-refractivity contribution < 1.29 is 46.9 Å². The van der Waals surface area contributed by atoms with Gasteiger partial charge in [0.2, 0.25) is 0 Å². The molecule has 1 heteroatoms. The maximum absolute atomic E-state index is 2.00. The van der Waals surface area contributed by atoms with Crippen molar-refractivity contribution in [3.63, 3.8) is 0 Å². The van der Waals surface area contributed by atoms with Crippen LogP contribution >= 0.6 is 0 Å².